The Kier molecular flexibility index (Phi) is 4.29. The topological polar surface area (TPSA) is 128 Å². The third-order valence-corrected chi connectivity index (χ3v) is 3.29. The van der Waals surface area contributed by atoms with Gasteiger partial charge in [-0.05, 0) is 41.9 Å². The van der Waals surface area contributed by atoms with Gasteiger partial charge < -0.3 is 0 Å². The summed E-state index contributed by atoms with van der Waals surface area (Å²) in [6, 6.07) is 11.7. The number of rotatable bonds is 4. The first kappa shape index (κ1) is 14.7. The zero-order chi connectivity index (χ0) is 15.3. The molecule has 1 N–H and O–H groups in total. The predicted molar refractivity (Wildman–Crippen MR) is 75.7 cm³/mol. The van der Waals surface area contributed by atoms with E-state index in [0.717, 1.165) is 0 Å². The van der Waals surface area contributed by atoms with E-state index in [1.54, 1.807) is 24.3 Å². The van der Waals surface area contributed by atoms with Crippen LogP contribution in [-0.4, -0.2) is 13.0 Å². The van der Waals surface area contributed by atoms with Crippen LogP contribution >= 0.6 is 0 Å². The molecule has 9 heteroatoms. The molecule has 2 rings (SSSR count). The maximum atomic E-state index is 10.9. The second-order valence-corrected chi connectivity index (χ2v) is 5.30. The van der Waals surface area contributed by atoms with Crippen LogP contribution in [0.25, 0.3) is 10.4 Å². The van der Waals surface area contributed by atoms with E-state index in [1.807, 2.05) is 0 Å². The number of nitrogens with zero attached hydrogens (tertiary/aromatic N) is 5. The van der Waals surface area contributed by atoms with E-state index in [1.165, 1.54) is 24.3 Å². The monoisotopic (exact) mass is 303 g/mol. The predicted octanol–water partition coefficient (Wildman–Crippen LogP) is 4.29. The van der Waals surface area contributed by atoms with Gasteiger partial charge in [0, 0.05) is 10.6 Å². The Bertz CT molecular complexity index is 807. The Hall–Kier alpha value is -2.74. The zero-order valence-corrected chi connectivity index (χ0v) is 11.3. The molecule has 2 aromatic rings. The molecule has 0 saturated carbocycles. The molecule has 0 aromatic heterocycles. The van der Waals surface area contributed by atoms with Gasteiger partial charge in [0.2, 0.25) is 0 Å². The molecule has 0 aliphatic rings. The number of azide groups is 1. The van der Waals surface area contributed by atoms with Gasteiger partial charge in [-0.25, -0.2) is 0 Å². The van der Waals surface area contributed by atoms with Crippen LogP contribution in [0.2, 0.25) is 0 Å². The summed E-state index contributed by atoms with van der Waals surface area (Å²) in [6.45, 7) is 0. The molecule has 0 heterocycles. The molecule has 0 unspecified atom stereocenters. The summed E-state index contributed by atoms with van der Waals surface area (Å²) in [4.78, 5) is 2.45. The molecule has 0 fully saturated rings. The first-order valence-electron chi connectivity index (χ1n) is 5.63. The van der Waals surface area contributed by atoms with Crippen molar-refractivity contribution in [3.63, 3.8) is 0 Å². The van der Waals surface area contributed by atoms with E-state index in [4.69, 9.17) is 10.1 Å². The largest absolute Gasteiger partial charge is 0.294 e. The van der Waals surface area contributed by atoms with Crippen molar-refractivity contribution in [2.75, 3.05) is 0 Å². The highest BCUT2D eigenvalue weighted by atomic mass is 32.2. The van der Waals surface area contributed by atoms with Crippen molar-refractivity contribution in [3.05, 3.63) is 59.0 Å². The second-order valence-electron chi connectivity index (χ2n) is 3.87. The highest BCUT2D eigenvalue weighted by Gasteiger charge is 2.07. The lowest BCUT2D eigenvalue weighted by Crippen LogP contribution is -1.96. The number of hydrogen-bond donors (Lipinski definition) is 1. The lowest BCUT2D eigenvalue weighted by Gasteiger charge is -1.97. The molecule has 0 radical (unpaired) electrons. The molecular formula is C12H9N5O3S. The summed E-state index contributed by atoms with van der Waals surface area (Å²) in [5.41, 5.74) is 9.72. The smallest absolute Gasteiger partial charge is 0.282 e. The van der Waals surface area contributed by atoms with Gasteiger partial charge in [-0.1, -0.05) is 17.2 Å². The first-order chi connectivity index (χ1) is 9.99. The molecule has 0 saturated heterocycles. The van der Waals surface area contributed by atoms with Crippen LogP contribution in [0.5, 0.6) is 0 Å². The fourth-order valence-corrected chi connectivity index (χ4v) is 1.92. The van der Waals surface area contributed by atoms with E-state index >= 15 is 0 Å². The van der Waals surface area contributed by atoms with Gasteiger partial charge in [-0.3, -0.25) is 4.55 Å². The van der Waals surface area contributed by atoms with E-state index in [2.05, 4.69) is 20.3 Å². The summed E-state index contributed by atoms with van der Waals surface area (Å²) in [5, 5.41) is 11.3. The van der Waals surface area contributed by atoms with Crippen molar-refractivity contribution >= 4 is 27.2 Å². The minimum Gasteiger partial charge on any atom is -0.282 e. The summed E-state index contributed by atoms with van der Waals surface area (Å²) >= 11 is 0. The number of hydrogen-bond acceptors (Lipinski definition) is 5. The van der Waals surface area contributed by atoms with Gasteiger partial charge in [0.05, 0.1) is 16.3 Å². The zero-order valence-electron chi connectivity index (χ0n) is 10.5. The molecular weight excluding hydrogens is 294 g/mol. The standard InChI is InChI=1S/C12H9N5O3S/c13-17-16-11-3-1-9(2-4-11)14-15-10-5-7-12(8-6-10)21(18,19)20/h1-8H,(H,18,19,20). The van der Waals surface area contributed by atoms with Crippen molar-refractivity contribution in [1.29, 1.82) is 0 Å². The van der Waals surface area contributed by atoms with E-state index in [0.29, 0.717) is 17.1 Å². The van der Waals surface area contributed by atoms with Gasteiger partial charge in [-0.2, -0.15) is 18.6 Å². The Morgan fingerprint density at radius 3 is 1.71 bits per heavy atom. The molecule has 0 amide bonds. The van der Waals surface area contributed by atoms with E-state index < -0.39 is 10.1 Å². The summed E-state index contributed by atoms with van der Waals surface area (Å²) in [5.74, 6) is 0. The Morgan fingerprint density at radius 1 is 0.857 bits per heavy atom. The minimum absolute atomic E-state index is 0.208. The van der Waals surface area contributed by atoms with Crippen LogP contribution in [0.1, 0.15) is 0 Å². The van der Waals surface area contributed by atoms with Crippen LogP contribution < -0.4 is 0 Å². The number of benzene rings is 2. The molecule has 0 atom stereocenters. The third kappa shape index (κ3) is 4.11. The highest BCUT2D eigenvalue weighted by molar-refractivity contribution is 7.85. The average Bonchev–Trinajstić information content (AvgIpc) is 2.46. The van der Waals surface area contributed by atoms with Crippen LogP contribution in [0.4, 0.5) is 17.1 Å². The van der Waals surface area contributed by atoms with Crippen molar-refractivity contribution in [2.24, 2.45) is 15.3 Å². The molecule has 106 valence electrons. The summed E-state index contributed by atoms with van der Waals surface area (Å²) in [7, 11) is -4.21. The van der Waals surface area contributed by atoms with Gasteiger partial charge in [-0.15, -0.1) is 0 Å². The van der Waals surface area contributed by atoms with Crippen molar-refractivity contribution in [2.45, 2.75) is 4.90 Å². The molecule has 2 aromatic carbocycles. The third-order valence-electron chi connectivity index (χ3n) is 2.43. The Labute approximate surface area is 120 Å². The fraction of sp³-hybridized carbons (Fsp3) is 0. The van der Waals surface area contributed by atoms with E-state index in [9.17, 15) is 8.42 Å². The van der Waals surface area contributed by atoms with Crippen molar-refractivity contribution in [1.82, 2.24) is 0 Å². The Balaban J connectivity index is 2.15. The average molecular weight is 303 g/mol. The molecule has 0 bridgehead atoms. The lowest BCUT2D eigenvalue weighted by atomic mass is 10.3. The molecule has 21 heavy (non-hydrogen) atoms. The van der Waals surface area contributed by atoms with Crippen LogP contribution in [0, 0.1) is 0 Å². The van der Waals surface area contributed by atoms with Gasteiger partial charge in [0.1, 0.15) is 0 Å². The molecule has 8 nitrogen and oxygen atoms in total. The molecule has 0 aliphatic heterocycles. The van der Waals surface area contributed by atoms with Gasteiger partial charge >= 0.3 is 0 Å². The highest BCUT2D eigenvalue weighted by Crippen LogP contribution is 2.22. The second kappa shape index (κ2) is 6.14. The summed E-state index contributed by atoms with van der Waals surface area (Å²) in [6.07, 6.45) is 0. The first-order valence-corrected chi connectivity index (χ1v) is 7.07. The number of azo groups is 1. The van der Waals surface area contributed by atoms with Crippen LogP contribution in [0.3, 0.4) is 0 Å². The molecule has 0 spiro atoms. The molecule has 0 aliphatic carbocycles. The normalized spacial score (nSPS) is 11.3. The SMILES string of the molecule is [N-]=[N+]=Nc1ccc(N=Nc2ccc(S(=O)(=O)O)cc2)cc1. The minimum atomic E-state index is -4.21. The quantitative estimate of drug-likeness (QED) is 0.391. The maximum absolute atomic E-state index is 10.9. The van der Waals surface area contributed by atoms with E-state index in [-0.39, 0.29) is 4.90 Å². The van der Waals surface area contributed by atoms with Crippen LogP contribution in [0.15, 0.2) is 68.8 Å². The van der Waals surface area contributed by atoms with Gasteiger partial charge in [0.15, 0.2) is 0 Å². The maximum Gasteiger partial charge on any atom is 0.294 e. The van der Waals surface area contributed by atoms with Crippen LogP contribution in [-0.2, 0) is 10.1 Å². The summed E-state index contributed by atoms with van der Waals surface area (Å²) < 4.78 is 30.6. The lowest BCUT2D eigenvalue weighted by molar-refractivity contribution is 0.483. The fourth-order valence-electron chi connectivity index (χ4n) is 1.44. The van der Waals surface area contributed by atoms with Crippen molar-refractivity contribution < 1.29 is 13.0 Å². The van der Waals surface area contributed by atoms with Crippen molar-refractivity contribution in [3.8, 4) is 0 Å². The Morgan fingerprint density at radius 2 is 1.29 bits per heavy atom. The van der Waals surface area contributed by atoms with Gasteiger partial charge in [0.25, 0.3) is 10.1 Å².